The van der Waals surface area contributed by atoms with Gasteiger partial charge in [0.25, 0.3) is 0 Å². The van der Waals surface area contributed by atoms with Gasteiger partial charge in [-0.25, -0.2) is 4.68 Å². The second kappa shape index (κ2) is 7.99. The van der Waals surface area contributed by atoms with E-state index >= 15 is 0 Å². The SMILES string of the molecule is Cc1cccc(C)c1NC(=O)CN(C)C(=O)CSc1nnc(C2CC2)n1N. The first-order valence-corrected chi connectivity index (χ1v) is 9.78. The summed E-state index contributed by atoms with van der Waals surface area (Å²) in [6.07, 6.45) is 2.16. The van der Waals surface area contributed by atoms with Crippen molar-refractivity contribution in [2.24, 2.45) is 0 Å². The van der Waals surface area contributed by atoms with E-state index in [0.717, 1.165) is 35.5 Å². The molecular weight excluding hydrogens is 364 g/mol. The smallest absolute Gasteiger partial charge is 0.243 e. The zero-order valence-electron chi connectivity index (χ0n) is 15.7. The number of thioether (sulfide) groups is 1. The molecule has 1 heterocycles. The molecule has 1 aromatic heterocycles. The molecule has 1 aromatic carbocycles. The van der Waals surface area contributed by atoms with E-state index in [9.17, 15) is 9.59 Å². The highest BCUT2D eigenvalue weighted by molar-refractivity contribution is 7.99. The largest absolute Gasteiger partial charge is 0.336 e. The lowest BCUT2D eigenvalue weighted by atomic mass is 10.1. The molecule has 9 heteroatoms. The molecule has 0 radical (unpaired) electrons. The molecule has 2 aromatic rings. The summed E-state index contributed by atoms with van der Waals surface area (Å²) < 4.78 is 1.46. The number of nitrogen functional groups attached to an aromatic ring is 1. The molecule has 3 rings (SSSR count). The van der Waals surface area contributed by atoms with Crippen LogP contribution in [0.3, 0.4) is 0 Å². The van der Waals surface area contributed by atoms with Gasteiger partial charge in [0.15, 0.2) is 5.82 Å². The predicted octanol–water partition coefficient (Wildman–Crippen LogP) is 1.68. The van der Waals surface area contributed by atoms with Crippen molar-refractivity contribution >= 4 is 29.3 Å². The van der Waals surface area contributed by atoms with Crippen molar-refractivity contribution in [3.63, 3.8) is 0 Å². The van der Waals surface area contributed by atoms with Crippen LogP contribution in [-0.4, -0.2) is 50.9 Å². The Balaban J connectivity index is 1.50. The number of aryl methyl sites for hydroxylation is 2. The minimum Gasteiger partial charge on any atom is -0.336 e. The third-order valence-electron chi connectivity index (χ3n) is 4.51. The van der Waals surface area contributed by atoms with E-state index in [1.54, 1.807) is 7.05 Å². The molecule has 144 valence electrons. The van der Waals surface area contributed by atoms with E-state index < -0.39 is 0 Å². The fourth-order valence-corrected chi connectivity index (χ4v) is 3.54. The maximum atomic E-state index is 12.3. The molecule has 3 N–H and O–H groups in total. The van der Waals surface area contributed by atoms with E-state index in [4.69, 9.17) is 5.84 Å². The number of likely N-dealkylation sites (N-methyl/N-ethyl adjacent to an activating group) is 1. The lowest BCUT2D eigenvalue weighted by Gasteiger charge is -2.18. The first kappa shape index (κ1) is 19.2. The van der Waals surface area contributed by atoms with Gasteiger partial charge in [0.2, 0.25) is 17.0 Å². The summed E-state index contributed by atoms with van der Waals surface area (Å²) in [5, 5.41) is 11.5. The van der Waals surface area contributed by atoms with Crippen LogP contribution in [0.2, 0.25) is 0 Å². The summed E-state index contributed by atoms with van der Waals surface area (Å²) in [4.78, 5) is 26.0. The molecule has 2 amide bonds. The van der Waals surface area contributed by atoms with Crippen LogP contribution in [0.25, 0.3) is 0 Å². The van der Waals surface area contributed by atoms with Gasteiger partial charge < -0.3 is 16.1 Å². The maximum Gasteiger partial charge on any atom is 0.243 e. The third kappa shape index (κ3) is 4.60. The Kier molecular flexibility index (Phi) is 5.69. The molecule has 0 aliphatic heterocycles. The average Bonchev–Trinajstić information content (AvgIpc) is 3.39. The van der Waals surface area contributed by atoms with Gasteiger partial charge in [-0.15, -0.1) is 10.2 Å². The topological polar surface area (TPSA) is 106 Å². The molecule has 1 fully saturated rings. The molecule has 0 atom stereocenters. The van der Waals surface area contributed by atoms with Gasteiger partial charge in [-0.05, 0) is 37.8 Å². The summed E-state index contributed by atoms with van der Waals surface area (Å²) in [5.74, 6) is 6.89. The van der Waals surface area contributed by atoms with Crippen molar-refractivity contribution in [3.8, 4) is 0 Å². The maximum absolute atomic E-state index is 12.3. The molecule has 0 bridgehead atoms. The van der Waals surface area contributed by atoms with Crippen molar-refractivity contribution < 1.29 is 9.59 Å². The lowest BCUT2D eigenvalue weighted by Crippen LogP contribution is -2.36. The van der Waals surface area contributed by atoms with Gasteiger partial charge in [-0.2, -0.15) is 0 Å². The molecule has 0 spiro atoms. The Hall–Kier alpha value is -2.55. The van der Waals surface area contributed by atoms with Crippen LogP contribution in [0.1, 0.15) is 35.7 Å². The van der Waals surface area contributed by atoms with Crippen molar-refractivity contribution in [3.05, 3.63) is 35.2 Å². The fourth-order valence-electron chi connectivity index (χ4n) is 2.74. The molecule has 8 nitrogen and oxygen atoms in total. The minimum absolute atomic E-state index is 0.0180. The second-order valence-corrected chi connectivity index (χ2v) is 7.78. The van der Waals surface area contributed by atoms with Gasteiger partial charge >= 0.3 is 0 Å². The van der Waals surface area contributed by atoms with Crippen molar-refractivity contribution in [1.29, 1.82) is 0 Å². The van der Waals surface area contributed by atoms with E-state index in [0.29, 0.717) is 11.1 Å². The number of nitrogens with one attached hydrogen (secondary N) is 1. The van der Waals surface area contributed by atoms with Crippen LogP contribution in [0, 0.1) is 13.8 Å². The number of nitrogens with two attached hydrogens (primary N) is 1. The Morgan fingerprint density at radius 1 is 1.30 bits per heavy atom. The second-order valence-electron chi connectivity index (χ2n) is 6.84. The van der Waals surface area contributed by atoms with E-state index in [1.807, 2.05) is 32.0 Å². The number of hydrogen-bond acceptors (Lipinski definition) is 6. The van der Waals surface area contributed by atoms with Crippen LogP contribution in [0.5, 0.6) is 0 Å². The first-order valence-electron chi connectivity index (χ1n) is 8.80. The highest BCUT2D eigenvalue weighted by atomic mass is 32.2. The number of aromatic nitrogens is 3. The number of carbonyl (C=O) groups is 2. The summed E-state index contributed by atoms with van der Waals surface area (Å²) in [5.41, 5.74) is 2.77. The Bertz CT molecular complexity index is 841. The van der Waals surface area contributed by atoms with Crippen LogP contribution in [-0.2, 0) is 9.59 Å². The number of hydrogen-bond donors (Lipinski definition) is 2. The number of carbonyl (C=O) groups excluding carboxylic acids is 2. The molecule has 27 heavy (non-hydrogen) atoms. The van der Waals surface area contributed by atoms with Gasteiger partial charge in [0, 0.05) is 18.7 Å². The Labute approximate surface area is 162 Å². The number of rotatable bonds is 7. The lowest BCUT2D eigenvalue weighted by molar-refractivity contribution is -0.131. The van der Waals surface area contributed by atoms with Crippen molar-refractivity contribution in [2.45, 2.75) is 37.8 Å². The zero-order valence-corrected chi connectivity index (χ0v) is 16.5. The molecule has 1 aliphatic rings. The predicted molar refractivity (Wildman–Crippen MR) is 105 cm³/mol. The third-order valence-corrected chi connectivity index (χ3v) is 5.44. The number of amides is 2. The number of anilines is 1. The summed E-state index contributed by atoms with van der Waals surface area (Å²) in [6, 6.07) is 5.82. The van der Waals surface area contributed by atoms with Gasteiger partial charge in [-0.3, -0.25) is 9.59 Å². The quantitative estimate of drug-likeness (QED) is 0.552. The molecule has 1 saturated carbocycles. The zero-order chi connectivity index (χ0) is 19.6. The monoisotopic (exact) mass is 388 g/mol. The van der Waals surface area contributed by atoms with Crippen molar-refractivity contribution in [2.75, 3.05) is 30.5 Å². The molecule has 0 unspecified atom stereocenters. The summed E-state index contributed by atoms with van der Waals surface area (Å²) in [6.45, 7) is 3.86. The molecular formula is C18H24N6O2S. The Morgan fingerprint density at radius 2 is 1.96 bits per heavy atom. The van der Waals surface area contributed by atoms with Crippen LogP contribution >= 0.6 is 11.8 Å². The highest BCUT2D eigenvalue weighted by Gasteiger charge is 2.30. The number of nitrogens with zero attached hydrogens (tertiary/aromatic N) is 4. The standard InChI is InChI=1S/C18H24N6O2S/c1-11-5-4-6-12(2)16(11)20-14(25)9-23(3)15(26)10-27-18-22-21-17(24(18)19)13-7-8-13/h4-6,13H,7-10,19H2,1-3H3,(H,20,25). The van der Waals surface area contributed by atoms with Gasteiger partial charge in [0.05, 0.1) is 12.3 Å². The first-order chi connectivity index (χ1) is 12.9. The van der Waals surface area contributed by atoms with Gasteiger partial charge in [0.1, 0.15) is 0 Å². The van der Waals surface area contributed by atoms with Crippen LogP contribution in [0.15, 0.2) is 23.4 Å². The summed E-state index contributed by atoms with van der Waals surface area (Å²) >= 11 is 1.23. The number of benzene rings is 1. The van der Waals surface area contributed by atoms with Crippen molar-refractivity contribution in [1.82, 2.24) is 19.8 Å². The normalized spacial score (nSPS) is 13.4. The average molecular weight is 388 g/mol. The molecule has 0 saturated heterocycles. The summed E-state index contributed by atoms with van der Waals surface area (Å²) in [7, 11) is 1.61. The van der Waals surface area contributed by atoms with E-state index in [2.05, 4.69) is 15.5 Å². The molecule has 1 aliphatic carbocycles. The van der Waals surface area contributed by atoms with E-state index in [1.165, 1.54) is 21.3 Å². The fraction of sp³-hybridized carbons (Fsp3) is 0.444. The van der Waals surface area contributed by atoms with Crippen LogP contribution in [0.4, 0.5) is 5.69 Å². The van der Waals surface area contributed by atoms with E-state index in [-0.39, 0.29) is 24.1 Å². The minimum atomic E-state index is -0.230. The Morgan fingerprint density at radius 3 is 2.59 bits per heavy atom. The van der Waals surface area contributed by atoms with Gasteiger partial charge in [-0.1, -0.05) is 30.0 Å². The number of para-hydroxylation sites is 1. The highest BCUT2D eigenvalue weighted by Crippen LogP contribution is 2.39. The van der Waals surface area contributed by atoms with Crippen LogP contribution < -0.4 is 11.2 Å².